The first-order chi connectivity index (χ1) is 11.1. The molecule has 122 valence electrons. The van der Waals surface area contributed by atoms with Crippen molar-refractivity contribution in [1.29, 1.82) is 0 Å². The largest absolute Gasteiger partial charge is 0.508 e. The number of para-hydroxylation sites is 1. The monoisotopic (exact) mass is 315 g/mol. The maximum Gasteiger partial charge on any atom is 0.227 e. The molecule has 0 unspecified atom stereocenters. The molecule has 4 heteroatoms. The standard InChI is InChI=1S/C19H22FNO2/c1-2-3-12-21(14-15-8-10-17(20)11-9-15)19(23)13-16-6-4-5-7-18(16)22/h4-11,22H,2-3,12-14H2,1H3. The number of rotatable bonds is 7. The van der Waals surface area contributed by atoms with Crippen molar-refractivity contribution >= 4 is 5.91 Å². The van der Waals surface area contributed by atoms with Crippen LogP contribution in [0.3, 0.4) is 0 Å². The summed E-state index contributed by atoms with van der Waals surface area (Å²) < 4.78 is 13.0. The zero-order valence-corrected chi connectivity index (χ0v) is 13.3. The van der Waals surface area contributed by atoms with E-state index >= 15 is 0 Å². The summed E-state index contributed by atoms with van der Waals surface area (Å²) in [5.41, 5.74) is 1.52. The predicted octanol–water partition coefficient (Wildman–Crippen LogP) is 3.90. The minimum Gasteiger partial charge on any atom is -0.508 e. The number of unbranched alkanes of at least 4 members (excludes halogenated alkanes) is 1. The Morgan fingerprint density at radius 2 is 1.83 bits per heavy atom. The van der Waals surface area contributed by atoms with E-state index in [2.05, 4.69) is 6.92 Å². The van der Waals surface area contributed by atoms with Gasteiger partial charge in [0, 0.05) is 18.7 Å². The number of carbonyl (C=O) groups is 1. The lowest BCUT2D eigenvalue weighted by atomic mass is 10.1. The van der Waals surface area contributed by atoms with E-state index in [1.54, 1.807) is 41.3 Å². The fourth-order valence-corrected chi connectivity index (χ4v) is 2.39. The molecule has 0 aliphatic carbocycles. The SMILES string of the molecule is CCCCN(Cc1ccc(F)cc1)C(=O)Cc1ccccc1O. The molecule has 23 heavy (non-hydrogen) atoms. The molecule has 0 fully saturated rings. The predicted molar refractivity (Wildman–Crippen MR) is 88.5 cm³/mol. The van der Waals surface area contributed by atoms with Crippen molar-refractivity contribution in [1.82, 2.24) is 4.90 Å². The van der Waals surface area contributed by atoms with Gasteiger partial charge in [-0.15, -0.1) is 0 Å². The number of phenolic OH excluding ortho intramolecular Hbond substituents is 1. The Hall–Kier alpha value is -2.36. The normalized spacial score (nSPS) is 10.5. The fourth-order valence-electron chi connectivity index (χ4n) is 2.39. The van der Waals surface area contributed by atoms with Crippen LogP contribution in [-0.4, -0.2) is 22.5 Å². The number of carbonyl (C=O) groups excluding carboxylic acids is 1. The van der Waals surface area contributed by atoms with Gasteiger partial charge >= 0.3 is 0 Å². The van der Waals surface area contributed by atoms with E-state index in [1.807, 2.05) is 0 Å². The Balaban J connectivity index is 2.08. The van der Waals surface area contributed by atoms with Crippen LogP contribution < -0.4 is 0 Å². The molecule has 2 aromatic carbocycles. The molecule has 0 aliphatic heterocycles. The minimum absolute atomic E-state index is 0.0377. The van der Waals surface area contributed by atoms with E-state index in [-0.39, 0.29) is 23.9 Å². The van der Waals surface area contributed by atoms with Crippen molar-refractivity contribution in [2.24, 2.45) is 0 Å². The molecule has 0 spiro atoms. The van der Waals surface area contributed by atoms with Crippen LogP contribution in [0, 0.1) is 5.82 Å². The highest BCUT2D eigenvalue weighted by atomic mass is 19.1. The topological polar surface area (TPSA) is 40.5 Å². The molecular weight excluding hydrogens is 293 g/mol. The van der Waals surface area contributed by atoms with Crippen LogP contribution in [0.4, 0.5) is 4.39 Å². The second-order valence-corrected chi connectivity index (χ2v) is 5.60. The van der Waals surface area contributed by atoms with Crippen LogP contribution in [0.25, 0.3) is 0 Å². The maximum atomic E-state index is 13.0. The van der Waals surface area contributed by atoms with Gasteiger partial charge in [-0.3, -0.25) is 4.79 Å². The summed E-state index contributed by atoms with van der Waals surface area (Å²) in [6.07, 6.45) is 2.06. The molecule has 0 atom stereocenters. The summed E-state index contributed by atoms with van der Waals surface area (Å²) in [6.45, 7) is 3.18. The lowest BCUT2D eigenvalue weighted by Gasteiger charge is -2.23. The van der Waals surface area contributed by atoms with E-state index in [0.29, 0.717) is 18.7 Å². The van der Waals surface area contributed by atoms with Gasteiger partial charge in [0.15, 0.2) is 0 Å². The second-order valence-electron chi connectivity index (χ2n) is 5.60. The van der Waals surface area contributed by atoms with Crippen molar-refractivity contribution in [2.45, 2.75) is 32.7 Å². The van der Waals surface area contributed by atoms with Crippen LogP contribution >= 0.6 is 0 Å². The molecule has 0 heterocycles. The van der Waals surface area contributed by atoms with Gasteiger partial charge in [0.05, 0.1) is 6.42 Å². The van der Waals surface area contributed by atoms with Gasteiger partial charge in [0.2, 0.25) is 5.91 Å². The van der Waals surface area contributed by atoms with Gasteiger partial charge < -0.3 is 10.0 Å². The van der Waals surface area contributed by atoms with Crippen LogP contribution in [-0.2, 0) is 17.8 Å². The quantitative estimate of drug-likeness (QED) is 0.842. The van der Waals surface area contributed by atoms with Gasteiger partial charge in [-0.2, -0.15) is 0 Å². The van der Waals surface area contributed by atoms with Gasteiger partial charge in [0.25, 0.3) is 0 Å². The molecule has 3 nitrogen and oxygen atoms in total. The molecule has 0 saturated heterocycles. The molecule has 0 aromatic heterocycles. The van der Waals surface area contributed by atoms with E-state index < -0.39 is 0 Å². The highest BCUT2D eigenvalue weighted by molar-refractivity contribution is 5.79. The van der Waals surface area contributed by atoms with Crippen LogP contribution in [0.15, 0.2) is 48.5 Å². The Kier molecular flexibility index (Phi) is 6.15. The van der Waals surface area contributed by atoms with Gasteiger partial charge in [-0.25, -0.2) is 4.39 Å². The molecule has 2 aromatic rings. The van der Waals surface area contributed by atoms with Crippen molar-refractivity contribution < 1.29 is 14.3 Å². The molecule has 1 N–H and O–H groups in total. The zero-order chi connectivity index (χ0) is 16.7. The summed E-state index contributed by atoms with van der Waals surface area (Å²) in [5, 5.41) is 9.83. The zero-order valence-electron chi connectivity index (χ0n) is 13.3. The summed E-state index contributed by atoms with van der Waals surface area (Å²) in [6, 6.07) is 13.1. The van der Waals surface area contributed by atoms with E-state index in [0.717, 1.165) is 18.4 Å². The van der Waals surface area contributed by atoms with E-state index in [9.17, 15) is 14.3 Å². The van der Waals surface area contributed by atoms with Gasteiger partial charge in [0.1, 0.15) is 11.6 Å². The van der Waals surface area contributed by atoms with E-state index in [4.69, 9.17) is 0 Å². The van der Waals surface area contributed by atoms with Gasteiger partial charge in [-0.1, -0.05) is 43.7 Å². The van der Waals surface area contributed by atoms with Gasteiger partial charge in [-0.05, 0) is 30.2 Å². The van der Waals surface area contributed by atoms with Crippen molar-refractivity contribution in [3.8, 4) is 5.75 Å². The van der Waals surface area contributed by atoms with Crippen molar-refractivity contribution in [2.75, 3.05) is 6.54 Å². The molecule has 2 rings (SSSR count). The summed E-state index contributed by atoms with van der Waals surface area (Å²) in [5.74, 6) is -0.184. The first-order valence-electron chi connectivity index (χ1n) is 7.89. The first kappa shape index (κ1) is 17.0. The number of hydrogen-bond acceptors (Lipinski definition) is 2. The summed E-state index contributed by atoms with van der Waals surface area (Å²) in [4.78, 5) is 14.3. The lowest BCUT2D eigenvalue weighted by molar-refractivity contribution is -0.131. The minimum atomic E-state index is -0.283. The Labute approximate surface area is 136 Å². The smallest absolute Gasteiger partial charge is 0.227 e. The van der Waals surface area contributed by atoms with Crippen LogP contribution in [0.1, 0.15) is 30.9 Å². The summed E-state index contributed by atoms with van der Waals surface area (Å²) in [7, 11) is 0. The first-order valence-corrected chi connectivity index (χ1v) is 7.89. The summed E-state index contributed by atoms with van der Waals surface area (Å²) >= 11 is 0. The average molecular weight is 315 g/mol. The Morgan fingerprint density at radius 3 is 2.48 bits per heavy atom. The third-order valence-corrected chi connectivity index (χ3v) is 3.75. The Bertz CT molecular complexity index is 640. The number of nitrogens with zero attached hydrogens (tertiary/aromatic N) is 1. The second kappa shape index (κ2) is 8.32. The van der Waals surface area contributed by atoms with Crippen molar-refractivity contribution in [3.05, 3.63) is 65.5 Å². The number of amides is 1. The maximum absolute atomic E-state index is 13.0. The Morgan fingerprint density at radius 1 is 1.13 bits per heavy atom. The molecule has 0 bridgehead atoms. The third kappa shape index (κ3) is 5.09. The number of hydrogen-bond donors (Lipinski definition) is 1. The number of halogens is 1. The lowest BCUT2D eigenvalue weighted by Crippen LogP contribution is -2.32. The fraction of sp³-hybridized carbons (Fsp3) is 0.316. The third-order valence-electron chi connectivity index (χ3n) is 3.75. The van der Waals surface area contributed by atoms with Crippen LogP contribution in [0.5, 0.6) is 5.75 Å². The number of phenols is 1. The average Bonchev–Trinajstić information content (AvgIpc) is 2.55. The van der Waals surface area contributed by atoms with Crippen molar-refractivity contribution in [3.63, 3.8) is 0 Å². The molecular formula is C19H22FNO2. The molecule has 0 saturated carbocycles. The number of aromatic hydroxyl groups is 1. The highest BCUT2D eigenvalue weighted by Crippen LogP contribution is 2.18. The molecule has 1 amide bonds. The number of benzene rings is 2. The molecule has 0 aliphatic rings. The van der Waals surface area contributed by atoms with E-state index in [1.165, 1.54) is 12.1 Å². The highest BCUT2D eigenvalue weighted by Gasteiger charge is 2.15. The molecule has 0 radical (unpaired) electrons. The van der Waals surface area contributed by atoms with Crippen LogP contribution in [0.2, 0.25) is 0 Å².